The molecular formula is C14H19ClN2O. The van der Waals surface area contributed by atoms with Gasteiger partial charge in [-0.25, -0.2) is 0 Å². The third-order valence-corrected chi connectivity index (χ3v) is 3.57. The van der Waals surface area contributed by atoms with Crippen molar-refractivity contribution in [2.24, 2.45) is 0 Å². The molecule has 2 N–H and O–H groups in total. The summed E-state index contributed by atoms with van der Waals surface area (Å²) in [5, 5.41) is 6.79. The number of carbonyl (C=O) groups excluding carboxylic acids is 1. The maximum atomic E-state index is 11.0. The van der Waals surface area contributed by atoms with Crippen LogP contribution in [-0.2, 0) is 4.79 Å². The summed E-state index contributed by atoms with van der Waals surface area (Å²) in [5.41, 5.74) is 1.69. The van der Waals surface area contributed by atoms with Crippen LogP contribution in [0.4, 0.5) is 11.4 Å². The highest BCUT2D eigenvalue weighted by molar-refractivity contribution is 6.34. The molecule has 1 aliphatic carbocycles. The average Bonchev–Trinajstić information content (AvgIpc) is 2.33. The van der Waals surface area contributed by atoms with Crippen molar-refractivity contribution in [3.8, 4) is 0 Å². The van der Waals surface area contributed by atoms with Gasteiger partial charge in [-0.1, -0.05) is 30.9 Å². The fourth-order valence-corrected chi connectivity index (χ4v) is 2.61. The van der Waals surface area contributed by atoms with Gasteiger partial charge in [-0.15, -0.1) is 0 Å². The Labute approximate surface area is 113 Å². The van der Waals surface area contributed by atoms with E-state index in [1.807, 2.05) is 18.2 Å². The van der Waals surface area contributed by atoms with Crippen LogP contribution in [-0.4, -0.2) is 11.9 Å². The molecule has 0 saturated heterocycles. The lowest BCUT2D eigenvalue weighted by Crippen LogP contribution is -2.22. The Bertz CT molecular complexity index is 428. The Balaban J connectivity index is 2.01. The topological polar surface area (TPSA) is 41.1 Å². The summed E-state index contributed by atoms with van der Waals surface area (Å²) in [6.07, 6.45) is 6.40. The molecule has 0 spiro atoms. The number of nitrogens with one attached hydrogen (secondary N) is 2. The van der Waals surface area contributed by atoms with Gasteiger partial charge in [0.1, 0.15) is 0 Å². The fraction of sp³-hybridized carbons (Fsp3) is 0.500. The van der Waals surface area contributed by atoms with E-state index in [0.29, 0.717) is 16.8 Å². The number of amides is 1. The highest BCUT2D eigenvalue weighted by Gasteiger charge is 2.13. The first kappa shape index (κ1) is 13.2. The Morgan fingerprint density at radius 3 is 2.61 bits per heavy atom. The standard InChI is InChI=1S/C14H19ClN2O/c1-10(18)16-14-8-7-12(9-13(14)15)17-11-5-3-2-4-6-11/h7-9,11,17H,2-6H2,1H3,(H,16,18). The zero-order valence-corrected chi connectivity index (χ0v) is 11.4. The van der Waals surface area contributed by atoms with Crippen LogP contribution in [0.3, 0.4) is 0 Å². The number of carbonyl (C=O) groups is 1. The van der Waals surface area contributed by atoms with Gasteiger partial charge in [0.25, 0.3) is 0 Å². The fourth-order valence-electron chi connectivity index (χ4n) is 2.38. The number of rotatable bonds is 3. The van der Waals surface area contributed by atoms with E-state index in [0.717, 1.165) is 5.69 Å². The van der Waals surface area contributed by atoms with Crippen molar-refractivity contribution in [2.75, 3.05) is 10.6 Å². The first-order chi connectivity index (χ1) is 8.65. The largest absolute Gasteiger partial charge is 0.382 e. The van der Waals surface area contributed by atoms with E-state index in [1.165, 1.54) is 39.0 Å². The van der Waals surface area contributed by atoms with Gasteiger partial charge in [0.2, 0.25) is 5.91 Å². The molecule has 3 nitrogen and oxygen atoms in total. The molecule has 1 aliphatic rings. The molecule has 2 rings (SSSR count). The van der Waals surface area contributed by atoms with E-state index in [2.05, 4.69) is 10.6 Å². The van der Waals surface area contributed by atoms with Crippen molar-refractivity contribution < 1.29 is 4.79 Å². The van der Waals surface area contributed by atoms with Crippen LogP contribution in [0, 0.1) is 0 Å². The van der Waals surface area contributed by atoms with Gasteiger partial charge in [-0.2, -0.15) is 0 Å². The average molecular weight is 267 g/mol. The molecule has 1 fully saturated rings. The molecule has 18 heavy (non-hydrogen) atoms. The summed E-state index contributed by atoms with van der Waals surface area (Å²) in [6.45, 7) is 1.48. The summed E-state index contributed by atoms with van der Waals surface area (Å²) >= 11 is 6.14. The minimum atomic E-state index is -0.107. The second-order valence-corrected chi connectivity index (χ2v) is 5.26. The second-order valence-electron chi connectivity index (χ2n) is 4.86. The van der Waals surface area contributed by atoms with Gasteiger partial charge in [-0.3, -0.25) is 4.79 Å². The quantitative estimate of drug-likeness (QED) is 0.867. The van der Waals surface area contributed by atoms with Crippen LogP contribution < -0.4 is 10.6 Å². The lowest BCUT2D eigenvalue weighted by Gasteiger charge is -2.24. The molecule has 0 unspecified atom stereocenters. The summed E-state index contributed by atoms with van der Waals surface area (Å²) < 4.78 is 0. The molecule has 0 heterocycles. The van der Waals surface area contributed by atoms with Gasteiger partial charge in [-0.05, 0) is 31.0 Å². The molecule has 0 aromatic heterocycles. The van der Waals surface area contributed by atoms with Gasteiger partial charge >= 0.3 is 0 Å². The third kappa shape index (κ3) is 3.64. The molecule has 98 valence electrons. The maximum Gasteiger partial charge on any atom is 0.221 e. The molecule has 1 saturated carbocycles. The minimum Gasteiger partial charge on any atom is -0.382 e. The summed E-state index contributed by atoms with van der Waals surface area (Å²) in [4.78, 5) is 11.0. The minimum absolute atomic E-state index is 0.107. The predicted molar refractivity (Wildman–Crippen MR) is 76.3 cm³/mol. The maximum absolute atomic E-state index is 11.0. The van der Waals surface area contributed by atoms with Gasteiger partial charge in [0.15, 0.2) is 0 Å². The van der Waals surface area contributed by atoms with E-state index in [-0.39, 0.29) is 5.91 Å². The first-order valence-electron chi connectivity index (χ1n) is 6.49. The summed E-state index contributed by atoms with van der Waals surface area (Å²) in [5.74, 6) is -0.107. The predicted octanol–water partition coefficient (Wildman–Crippen LogP) is 4.04. The normalized spacial score (nSPS) is 16.3. The van der Waals surface area contributed by atoms with Gasteiger partial charge < -0.3 is 10.6 Å². The molecule has 4 heteroatoms. The molecule has 1 amide bonds. The zero-order valence-electron chi connectivity index (χ0n) is 10.6. The van der Waals surface area contributed by atoms with Gasteiger partial charge in [0.05, 0.1) is 10.7 Å². The number of hydrogen-bond donors (Lipinski definition) is 2. The van der Waals surface area contributed by atoms with Crippen LogP contribution in [0.5, 0.6) is 0 Å². The molecular weight excluding hydrogens is 248 g/mol. The van der Waals surface area contributed by atoms with Crippen LogP contribution in [0.1, 0.15) is 39.0 Å². The van der Waals surface area contributed by atoms with E-state index < -0.39 is 0 Å². The molecule has 0 atom stereocenters. The summed E-state index contributed by atoms with van der Waals surface area (Å²) in [6, 6.07) is 6.24. The first-order valence-corrected chi connectivity index (χ1v) is 6.86. The lowest BCUT2D eigenvalue weighted by molar-refractivity contribution is -0.114. The number of anilines is 2. The van der Waals surface area contributed by atoms with Crippen molar-refractivity contribution in [3.63, 3.8) is 0 Å². The van der Waals surface area contributed by atoms with E-state index in [4.69, 9.17) is 11.6 Å². The Hall–Kier alpha value is -1.22. The van der Waals surface area contributed by atoms with Crippen LogP contribution >= 0.6 is 11.6 Å². The van der Waals surface area contributed by atoms with Crippen molar-refractivity contribution >= 4 is 28.9 Å². The second kappa shape index (κ2) is 6.10. The van der Waals surface area contributed by atoms with E-state index >= 15 is 0 Å². The van der Waals surface area contributed by atoms with Crippen LogP contribution in [0.25, 0.3) is 0 Å². The van der Waals surface area contributed by atoms with Crippen LogP contribution in [0.15, 0.2) is 18.2 Å². The van der Waals surface area contributed by atoms with Crippen molar-refractivity contribution in [1.29, 1.82) is 0 Å². The van der Waals surface area contributed by atoms with Crippen molar-refractivity contribution in [1.82, 2.24) is 0 Å². The molecule has 0 aliphatic heterocycles. The Morgan fingerprint density at radius 2 is 2.00 bits per heavy atom. The number of halogens is 1. The summed E-state index contributed by atoms with van der Waals surface area (Å²) in [7, 11) is 0. The Morgan fingerprint density at radius 1 is 1.28 bits per heavy atom. The highest BCUT2D eigenvalue weighted by atomic mass is 35.5. The number of hydrogen-bond acceptors (Lipinski definition) is 2. The van der Waals surface area contributed by atoms with Crippen molar-refractivity contribution in [3.05, 3.63) is 23.2 Å². The Kier molecular flexibility index (Phi) is 4.48. The molecule has 1 aromatic rings. The molecule has 1 aromatic carbocycles. The molecule has 0 bridgehead atoms. The number of benzene rings is 1. The third-order valence-electron chi connectivity index (χ3n) is 3.26. The van der Waals surface area contributed by atoms with E-state index in [9.17, 15) is 4.79 Å². The zero-order chi connectivity index (χ0) is 13.0. The van der Waals surface area contributed by atoms with E-state index in [1.54, 1.807) is 0 Å². The van der Waals surface area contributed by atoms with Gasteiger partial charge in [0, 0.05) is 18.7 Å². The smallest absolute Gasteiger partial charge is 0.221 e. The monoisotopic (exact) mass is 266 g/mol. The highest BCUT2D eigenvalue weighted by Crippen LogP contribution is 2.28. The van der Waals surface area contributed by atoms with Crippen LogP contribution in [0.2, 0.25) is 5.02 Å². The SMILES string of the molecule is CC(=O)Nc1ccc(NC2CCCCC2)cc1Cl. The van der Waals surface area contributed by atoms with Crippen molar-refractivity contribution in [2.45, 2.75) is 45.1 Å². The molecule has 0 radical (unpaired) electrons. The lowest BCUT2D eigenvalue weighted by atomic mass is 9.95.